The minimum absolute atomic E-state index is 0.167. The summed E-state index contributed by atoms with van der Waals surface area (Å²) in [5.41, 5.74) is 0. The van der Waals surface area contributed by atoms with Gasteiger partial charge in [0.2, 0.25) is 0 Å². The highest BCUT2D eigenvalue weighted by atomic mass is 79.9. The zero-order valence-electron chi connectivity index (χ0n) is 8.26. The van der Waals surface area contributed by atoms with E-state index in [1.54, 1.807) is 22.7 Å². The first kappa shape index (κ1) is 13.1. The van der Waals surface area contributed by atoms with Gasteiger partial charge in [0.05, 0.1) is 14.9 Å². The van der Waals surface area contributed by atoms with Gasteiger partial charge >= 0.3 is 0 Å². The monoisotopic (exact) mass is 399 g/mol. The van der Waals surface area contributed by atoms with Crippen molar-refractivity contribution in [1.29, 1.82) is 0 Å². The average molecular weight is 402 g/mol. The average Bonchev–Trinajstić information content (AvgIpc) is 2.78. The maximum atomic E-state index is 6.16. The van der Waals surface area contributed by atoms with Crippen LogP contribution in [0.4, 0.5) is 0 Å². The molecule has 1 atom stereocenters. The molecule has 0 spiro atoms. The fraction of sp³-hybridized carbons (Fsp3) is 0.200. The van der Waals surface area contributed by atoms with E-state index >= 15 is 0 Å². The van der Waals surface area contributed by atoms with Crippen LogP contribution in [-0.2, 0) is 0 Å². The van der Waals surface area contributed by atoms with Crippen molar-refractivity contribution >= 4 is 66.1 Å². The molecule has 0 aromatic carbocycles. The van der Waals surface area contributed by atoms with E-state index < -0.39 is 0 Å². The molecule has 2 aromatic rings. The van der Waals surface area contributed by atoms with Crippen molar-refractivity contribution in [2.45, 2.75) is 6.04 Å². The summed E-state index contributed by atoms with van der Waals surface area (Å²) in [6, 6.07) is 4.22. The van der Waals surface area contributed by atoms with Gasteiger partial charge in [-0.15, -0.1) is 22.7 Å². The van der Waals surface area contributed by atoms with Gasteiger partial charge in [0.25, 0.3) is 0 Å². The number of hydrogen-bond donors (Lipinski definition) is 1. The Labute approximate surface area is 124 Å². The molecule has 0 saturated heterocycles. The van der Waals surface area contributed by atoms with Crippen molar-refractivity contribution in [3.8, 4) is 0 Å². The number of halogens is 3. The molecule has 1 unspecified atom stereocenters. The molecular weight excluding hydrogens is 394 g/mol. The van der Waals surface area contributed by atoms with Crippen LogP contribution in [0.1, 0.15) is 15.8 Å². The lowest BCUT2D eigenvalue weighted by molar-refractivity contribution is 0.716. The Balaban J connectivity index is 2.40. The maximum Gasteiger partial charge on any atom is 0.0843 e. The number of hydrogen-bond acceptors (Lipinski definition) is 3. The molecule has 2 aromatic heterocycles. The molecule has 6 heteroatoms. The Hall–Kier alpha value is 0.610. The Morgan fingerprint density at radius 3 is 2.62 bits per heavy atom. The highest BCUT2D eigenvalue weighted by molar-refractivity contribution is 9.13. The van der Waals surface area contributed by atoms with E-state index in [2.05, 4.69) is 43.2 Å². The van der Waals surface area contributed by atoms with Crippen LogP contribution in [0.15, 0.2) is 25.8 Å². The summed E-state index contributed by atoms with van der Waals surface area (Å²) >= 11 is 16.6. The smallest absolute Gasteiger partial charge is 0.0843 e. The molecule has 0 fully saturated rings. The standard InChI is InChI=1S/C10H8Br2ClNS2/c1-14-8(9-6(13)2-3-15-9)7-4-5(11)10(12)16-7/h2-4,8,14H,1H3. The highest BCUT2D eigenvalue weighted by Gasteiger charge is 2.19. The Kier molecular flexibility index (Phi) is 4.49. The van der Waals surface area contributed by atoms with Crippen LogP contribution in [-0.4, -0.2) is 7.05 Å². The fourth-order valence-electron chi connectivity index (χ4n) is 1.42. The molecule has 0 aliphatic carbocycles. The minimum Gasteiger partial charge on any atom is -0.308 e. The van der Waals surface area contributed by atoms with Gasteiger partial charge < -0.3 is 5.32 Å². The number of nitrogens with one attached hydrogen (secondary N) is 1. The lowest BCUT2D eigenvalue weighted by Gasteiger charge is -2.12. The predicted molar refractivity (Wildman–Crippen MR) is 80.0 cm³/mol. The summed E-state index contributed by atoms with van der Waals surface area (Å²) in [5.74, 6) is 0. The normalized spacial score (nSPS) is 13.0. The van der Waals surface area contributed by atoms with Crippen molar-refractivity contribution in [1.82, 2.24) is 5.32 Å². The van der Waals surface area contributed by atoms with Crippen LogP contribution < -0.4 is 5.32 Å². The third-order valence-electron chi connectivity index (χ3n) is 2.14. The Morgan fingerprint density at radius 1 is 1.44 bits per heavy atom. The largest absolute Gasteiger partial charge is 0.308 e. The van der Waals surface area contributed by atoms with Gasteiger partial charge in [-0.25, -0.2) is 0 Å². The molecule has 1 nitrogen and oxygen atoms in total. The summed E-state index contributed by atoms with van der Waals surface area (Å²) in [7, 11) is 1.95. The predicted octanol–water partition coefficient (Wildman–Crippen LogP) is 5.30. The molecule has 2 rings (SSSR count). The first-order valence-corrected chi connectivity index (χ1v) is 8.14. The van der Waals surface area contributed by atoms with Crippen LogP contribution in [0.5, 0.6) is 0 Å². The van der Waals surface area contributed by atoms with Gasteiger partial charge in [-0.3, -0.25) is 0 Å². The van der Waals surface area contributed by atoms with Crippen molar-refractivity contribution in [2.24, 2.45) is 0 Å². The summed E-state index contributed by atoms with van der Waals surface area (Å²) < 4.78 is 2.19. The van der Waals surface area contributed by atoms with Crippen molar-refractivity contribution in [3.05, 3.63) is 40.5 Å². The van der Waals surface area contributed by atoms with E-state index in [9.17, 15) is 0 Å². The molecule has 0 bridgehead atoms. The second kappa shape index (κ2) is 5.50. The van der Waals surface area contributed by atoms with E-state index in [1.165, 1.54) is 4.88 Å². The van der Waals surface area contributed by atoms with E-state index in [-0.39, 0.29) is 6.04 Å². The molecule has 0 amide bonds. The van der Waals surface area contributed by atoms with Gasteiger partial charge in [-0.2, -0.15) is 0 Å². The molecule has 0 saturated carbocycles. The molecule has 0 aliphatic rings. The molecule has 86 valence electrons. The molecule has 1 N–H and O–H groups in total. The number of thiophene rings is 2. The third-order valence-corrected chi connectivity index (χ3v) is 6.89. The quantitative estimate of drug-likeness (QED) is 0.736. The van der Waals surface area contributed by atoms with Gasteiger partial charge in [-0.1, -0.05) is 11.6 Å². The fourth-order valence-corrected chi connectivity index (χ4v) is 5.00. The lowest BCUT2D eigenvalue weighted by Crippen LogP contribution is -2.15. The first-order valence-electron chi connectivity index (χ1n) is 4.48. The minimum atomic E-state index is 0.167. The second-order valence-electron chi connectivity index (χ2n) is 3.12. The molecule has 16 heavy (non-hydrogen) atoms. The SMILES string of the molecule is CNC(c1cc(Br)c(Br)s1)c1sccc1Cl. The molecule has 0 aliphatic heterocycles. The molecule has 2 heterocycles. The number of rotatable bonds is 3. The van der Waals surface area contributed by atoms with Crippen LogP contribution in [0.2, 0.25) is 5.02 Å². The van der Waals surface area contributed by atoms with E-state index in [0.717, 1.165) is 18.2 Å². The zero-order valence-corrected chi connectivity index (χ0v) is 13.8. The second-order valence-corrected chi connectivity index (χ2v) is 7.74. The lowest BCUT2D eigenvalue weighted by atomic mass is 10.2. The summed E-state index contributed by atoms with van der Waals surface area (Å²) in [5, 5.41) is 6.13. The highest BCUT2D eigenvalue weighted by Crippen LogP contribution is 2.40. The van der Waals surface area contributed by atoms with E-state index in [4.69, 9.17) is 11.6 Å². The topological polar surface area (TPSA) is 12.0 Å². The Morgan fingerprint density at radius 2 is 2.19 bits per heavy atom. The van der Waals surface area contributed by atoms with Gasteiger partial charge in [-0.05, 0) is 56.4 Å². The van der Waals surface area contributed by atoms with Gasteiger partial charge in [0.1, 0.15) is 0 Å². The summed E-state index contributed by atoms with van der Waals surface area (Å²) in [4.78, 5) is 2.40. The first-order chi connectivity index (χ1) is 7.63. The van der Waals surface area contributed by atoms with E-state index in [0.29, 0.717) is 0 Å². The van der Waals surface area contributed by atoms with Gasteiger partial charge in [0.15, 0.2) is 0 Å². The maximum absolute atomic E-state index is 6.16. The van der Waals surface area contributed by atoms with Crippen LogP contribution in [0, 0.1) is 0 Å². The van der Waals surface area contributed by atoms with E-state index in [1.807, 2.05) is 18.5 Å². The molecular formula is C10H8Br2ClNS2. The zero-order chi connectivity index (χ0) is 11.7. The van der Waals surface area contributed by atoms with Crippen LogP contribution >= 0.6 is 66.1 Å². The van der Waals surface area contributed by atoms with Crippen molar-refractivity contribution in [3.63, 3.8) is 0 Å². The van der Waals surface area contributed by atoms with Crippen LogP contribution in [0.3, 0.4) is 0 Å². The third kappa shape index (κ3) is 2.54. The van der Waals surface area contributed by atoms with Crippen molar-refractivity contribution < 1.29 is 0 Å². The Bertz CT molecular complexity index is 475. The van der Waals surface area contributed by atoms with Gasteiger partial charge in [0, 0.05) is 14.2 Å². The molecule has 0 radical (unpaired) electrons. The van der Waals surface area contributed by atoms with Crippen LogP contribution in [0.25, 0.3) is 0 Å². The summed E-state index contributed by atoms with van der Waals surface area (Å²) in [6.07, 6.45) is 0. The summed E-state index contributed by atoms with van der Waals surface area (Å²) in [6.45, 7) is 0. The van der Waals surface area contributed by atoms with Crippen molar-refractivity contribution in [2.75, 3.05) is 7.05 Å².